The summed E-state index contributed by atoms with van der Waals surface area (Å²) in [5.41, 5.74) is 1.92. The van der Waals surface area contributed by atoms with Gasteiger partial charge in [0.05, 0.1) is 13.2 Å². The quantitative estimate of drug-likeness (QED) is 0.708. The highest BCUT2D eigenvalue weighted by molar-refractivity contribution is 5.54. The zero-order valence-corrected chi connectivity index (χ0v) is 15.8. The van der Waals surface area contributed by atoms with Crippen molar-refractivity contribution in [1.29, 1.82) is 0 Å². The van der Waals surface area contributed by atoms with Gasteiger partial charge in [-0.3, -0.25) is 5.32 Å². The second-order valence-corrected chi connectivity index (χ2v) is 6.58. The predicted octanol–water partition coefficient (Wildman–Crippen LogP) is 3.22. The molecule has 0 radical (unpaired) electrons. The van der Waals surface area contributed by atoms with E-state index in [1.165, 1.54) is 12.1 Å². The number of halogens is 1. The lowest BCUT2D eigenvalue weighted by atomic mass is 10.1. The molecule has 0 amide bonds. The number of nitrogens with one attached hydrogen (secondary N) is 1. The summed E-state index contributed by atoms with van der Waals surface area (Å²) in [7, 11) is 3.55. The van der Waals surface area contributed by atoms with Gasteiger partial charge in [-0.1, -0.05) is 12.1 Å². The van der Waals surface area contributed by atoms with Crippen LogP contribution in [0.5, 0.6) is 17.2 Å². The molecule has 2 heterocycles. The number of aryl methyl sites for hydroxylation is 1. The number of imidazole rings is 1. The largest absolute Gasteiger partial charge is 0.493 e. The highest BCUT2D eigenvalue weighted by Gasteiger charge is 2.21. The van der Waals surface area contributed by atoms with E-state index in [0.717, 1.165) is 17.0 Å². The fraction of sp³-hybridized carbons (Fsp3) is 0.286. The van der Waals surface area contributed by atoms with Crippen LogP contribution in [0.1, 0.15) is 23.0 Å². The molecule has 4 rings (SSSR count). The van der Waals surface area contributed by atoms with Gasteiger partial charge in [-0.25, -0.2) is 9.37 Å². The number of methoxy groups -OCH3 is 1. The first kappa shape index (κ1) is 18.3. The molecule has 0 aliphatic carbocycles. The Balaban J connectivity index is 1.61. The molecule has 0 spiro atoms. The highest BCUT2D eigenvalue weighted by Crippen LogP contribution is 2.40. The van der Waals surface area contributed by atoms with Gasteiger partial charge < -0.3 is 18.8 Å². The van der Waals surface area contributed by atoms with Crippen molar-refractivity contribution in [2.24, 2.45) is 7.05 Å². The summed E-state index contributed by atoms with van der Waals surface area (Å²) in [4.78, 5) is 4.47. The van der Waals surface area contributed by atoms with Crippen molar-refractivity contribution in [2.45, 2.75) is 12.6 Å². The summed E-state index contributed by atoms with van der Waals surface area (Å²) in [6.07, 6.45) is 3.64. The maximum Gasteiger partial charge on any atom is 0.203 e. The van der Waals surface area contributed by atoms with Crippen LogP contribution in [0.15, 0.2) is 48.8 Å². The van der Waals surface area contributed by atoms with Crippen LogP contribution in [0.2, 0.25) is 0 Å². The number of fused-ring (bicyclic) bond motifs is 1. The topological polar surface area (TPSA) is 57.5 Å². The second kappa shape index (κ2) is 7.90. The Hall–Kier alpha value is -3.06. The number of hydrogen-bond donors (Lipinski definition) is 1. The van der Waals surface area contributed by atoms with Crippen molar-refractivity contribution in [3.63, 3.8) is 0 Å². The lowest BCUT2D eigenvalue weighted by molar-refractivity contribution is 0.165. The van der Waals surface area contributed by atoms with E-state index >= 15 is 0 Å². The fourth-order valence-electron chi connectivity index (χ4n) is 3.32. The standard InChI is InChI=1S/C21H22FN3O3/c1-25-8-7-23-21(25)19(15-3-5-16(22)6-4-15)24-13-14-11-17(26-2)20-18(12-14)27-9-10-28-20/h3-8,11-12,19,24H,9-10,13H2,1-2H3/t19-/m0/s1. The molecule has 7 heteroatoms. The van der Waals surface area contributed by atoms with Crippen LogP contribution in [0.25, 0.3) is 0 Å². The van der Waals surface area contributed by atoms with Crippen LogP contribution in [0, 0.1) is 5.82 Å². The van der Waals surface area contributed by atoms with Crippen molar-refractivity contribution < 1.29 is 18.6 Å². The van der Waals surface area contributed by atoms with Crippen LogP contribution in [-0.2, 0) is 13.6 Å². The maximum atomic E-state index is 13.4. The number of ether oxygens (including phenoxy) is 3. The molecule has 146 valence electrons. The van der Waals surface area contributed by atoms with E-state index in [1.807, 2.05) is 29.9 Å². The molecule has 0 saturated heterocycles. The van der Waals surface area contributed by atoms with Crippen molar-refractivity contribution in [1.82, 2.24) is 14.9 Å². The van der Waals surface area contributed by atoms with Gasteiger partial charge in [0.25, 0.3) is 0 Å². The van der Waals surface area contributed by atoms with Crippen LogP contribution in [-0.4, -0.2) is 29.9 Å². The minimum absolute atomic E-state index is 0.195. The van der Waals surface area contributed by atoms with E-state index in [4.69, 9.17) is 14.2 Å². The monoisotopic (exact) mass is 383 g/mol. The molecule has 1 aliphatic rings. The smallest absolute Gasteiger partial charge is 0.203 e. The molecular formula is C21H22FN3O3. The lowest BCUT2D eigenvalue weighted by Crippen LogP contribution is -2.25. The summed E-state index contributed by atoms with van der Waals surface area (Å²) >= 11 is 0. The van der Waals surface area contributed by atoms with Gasteiger partial charge in [-0.05, 0) is 35.4 Å². The minimum atomic E-state index is -0.265. The molecule has 28 heavy (non-hydrogen) atoms. The van der Waals surface area contributed by atoms with E-state index < -0.39 is 0 Å². The van der Waals surface area contributed by atoms with Crippen LogP contribution >= 0.6 is 0 Å². The van der Waals surface area contributed by atoms with Crippen LogP contribution in [0.4, 0.5) is 4.39 Å². The third-order valence-electron chi connectivity index (χ3n) is 4.72. The van der Waals surface area contributed by atoms with Crippen molar-refractivity contribution in [3.05, 3.63) is 71.6 Å². The van der Waals surface area contributed by atoms with Crippen LogP contribution < -0.4 is 19.5 Å². The normalized spacial score (nSPS) is 14.0. The van der Waals surface area contributed by atoms with Gasteiger partial charge in [0.2, 0.25) is 5.75 Å². The molecule has 0 saturated carbocycles. The third kappa shape index (κ3) is 3.66. The third-order valence-corrected chi connectivity index (χ3v) is 4.72. The molecular weight excluding hydrogens is 361 g/mol. The molecule has 0 bridgehead atoms. The second-order valence-electron chi connectivity index (χ2n) is 6.58. The average molecular weight is 383 g/mol. The Bertz CT molecular complexity index is 939. The Labute approximate surface area is 162 Å². The molecule has 3 aromatic rings. The number of benzene rings is 2. The number of hydrogen-bond acceptors (Lipinski definition) is 5. The Morgan fingerprint density at radius 3 is 2.71 bits per heavy atom. The summed E-state index contributed by atoms with van der Waals surface area (Å²) in [5.74, 6) is 2.54. The predicted molar refractivity (Wildman–Crippen MR) is 102 cm³/mol. The first-order valence-corrected chi connectivity index (χ1v) is 9.08. The first-order valence-electron chi connectivity index (χ1n) is 9.08. The van der Waals surface area contributed by atoms with Crippen molar-refractivity contribution >= 4 is 0 Å². The first-order chi connectivity index (χ1) is 13.7. The van der Waals surface area contributed by atoms with E-state index in [0.29, 0.717) is 37.0 Å². The van der Waals surface area contributed by atoms with E-state index in [9.17, 15) is 4.39 Å². The van der Waals surface area contributed by atoms with Gasteiger partial charge in [0.15, 0.2) is 11.5 Å². The molecule has 6 nitrogen and oxygen atoms in total. The molecule has 2 aromatic carbocycles. The van der Waals surface area contributed by atoms with Crippen molar-refractivity contribution in [3.8, 4) is 17.2 Å². The van der Waals surface area contributed by atoms with Gasteiger partial charge in [-0.2, -0.15) is 0 Å². The van der Waals surface area contributed by atoms with Crippen molar-refractivity contribution in [2.75, 3.05) is 20.3 Å². The maximum absolute atomic E-state index is 13.4. The SMILES string of the molecule is COc1cc(CN[C@@H](c2ccc(F)cc2)c2nccn2C)cc2c1OCCO2. The molecule has 0 unspecified atom stereocenters. The molecule has 1 atom stereocenters. The average Bonchev–Trinajstić information content (AvgIpc) is 3.14. The molecule has 1 aliphatic heterocycles. The molecule has 1 N–H and O–H groups in total. The number of rotatable bonds is 6. The zero-order chi connectivity index (χ0) is 19.5. The minimum Gasteiger partial charge on any atom is -0.493 e. The summed E-state index contributed by atoms with van der Waals surface area (Å²) in [6, 6.07) is 10.1. The zero-order valence-electron chi connectivity index (χ0n) is 15.8. The van der Waals surface area contributed by atoms with Gasteiger partial charge in [0, 0.05) is 26.0 Å². The summed E-state index contributed by atoms with van der Waals surface area (Å²) in [5, 5.41) is 3.52. The highest BCUT2D eigenvalue weighted by atomic mass is 19.1. The van der Waals surface area contributed by atoms with Gasteiger partial charge >= 0.3 is 0 Å². The summed E-state index contributed by atoms with van der Waals surface area (Å²) < 4.78 is 32.2. The Morgan fingerprint density at radius 2 is 2.00 bits per heavy atom. The van der Waals surface area contributed by atoms with E-state index in [1.54, 1.807) is 25.4 Å². The van der Waals surface area contributed by atoms with Gasteiger partial charge in [0.1, 0.15) is 24.9 Å². The number of aromatic nitrogens is 2. The van der Waals surface area contributed by atoms with Gasteiger partial charge in [-0.15, -0.1) is 0 Å². The van der Waals surface area contributed by atoms with Crippen LogP contribution in [0.3, 0.4) is 0 Å². The lowest BCUT2D eigenvalue weighted by Gasteiger charge is -2.23. The molecule has 1 aromatic heterocycles. The Morgan fingerprint density at radius 1 is 1.21 bits per heavy atom. The number of nitrogens with zero attached hydrogens (tertiary/aromatic N) is 2. The van der Waals surface area contributed by atoms with E-state index in [-0.39, 0.29) is 11.9 Å². The summed E-state index contributed by atoms with van der Waals surface area (Å²) in [6.45, 7) is 1.56. The van der Waals surface area contributed by atoms with E-state index in [2.05, 4.69) is 10.3 Å². The Kier molecular flexibility index (Phi) is 5.16. The fourth-order valence-corrected chi connectivity index (χ4v) is 3.32. The molecule has 0 fully saturated rings.